The molecule has 5 rings (SSSR count). The SMILES string of the molecule is COc1cc(OC)cc(-c2cc(N3CC[NH+](CCO)CC3)n3nc(C)c(-c4ccccc4)c3n2)c1. The van der Waals surface area contributed by atoms with Crippen molar-refractivity contribution < 1.29 is 19.5 Å². The molecular formula is C27H32N5O3+. The van der Waals surface area contributed by atoms with E-state index in [1.165, 1.54) is 4.90 Å². The molecule has 0 bridgehead atoms. The number of ether oxygens (including phenoxy) is 2. The van der Waals surface area contributed by atoms with Gasteiger partial charge in [-0.05, 0) is 24.6 Å². The van der Waals surface area contributed by atoms with Crippen molar-refractivity contribution in [3.8, 4) is 33.9 Å². The second-order valence-corrected chi connectivity index (χ2v) is 8.87. The number of nitrogens with zero attached hydrogens (tertiary/aromatic N) is 4. The van der Waals surface area contributed by atoms with Crippen LogP contribution in [0.4, 0.5) is 5.82 Å². The zero-order chi connectivity index (χ0) is 24.4. The number of aryl methyl sites for hydroxylation is 1. The first-order chi connectivity index (χ1) is 17.1. The van der Waals surface area contributed by atoms with Crippen LogP contribution in [0.3, 0.4) is 0 Å². The van der Waals surface area contributed by atoms with E-state index in [2.05, 4.69) is 23.1 Å². The Balaban J connectivity index is 1.69. The molecule has 3 heterocycles. The number of aliphatic hydroxyl groups excluding tert-OH is 1. The molecule has 1 saturated heterocycles. The predicted molar refractivity (Wildman–Crippen MR) is 137 cm³/mol. The van der Waals surface area contributed by atoms with Crippen LogP contribution in [0.2, 0.25) is 0 Å². The quantitative estimate of drug-likeness (QED) is 0.427. The highest BCUT2D eigenvalue weighted by atomic mass is 16.5. The summed E-state index contributed by atoms with van der Waals surface area (Å²) in [5.74, 6) is 2.45. The maximum absolute atomic E-state index is 9.35. The van der Waals surface area contributed by atoms with E-state index in [4.69, 9.17) is 19.6 Å². The van der Waals surface area contributed by atoms with Gasteiger partial charge in [0.25, 0.3) is 0 Å². The summed E-state index contributed by atoms with van der Waals surface area (Å²) in [6.45, 7) is 6.75. The number of aromatic nitrogens is 3. The lowest BCUT2D eigenvalue weighted by Crippen LogP contribution is -3.15. The average Bonchev–Trinajstić information content (AvgIpc) is 3.24. The van der Waals surface area contributed by atoms with Gasteiger partial charge in [-0.25, -0.2) is 4.98 Å². The van der Waals surface area contributed by atoms with Crippen LogP contribution in [0.5, 0.6) is 11.5 Å². The van der Waals surface area contributed by atoms with Gasteiger partial charge < -0.3 is 24.4 Å². The van der Waals surface area contributed by atoms with E-state index in [9.17, 15) is 5.11 Å². The average molecular weight is 475 g/mol. The molecule has 1 aliphatic rings. The molecule has 1 fully saturated rings. The van der Waals surface area contributed by atoms with Crippen molar-refractivity contribution in [1.82, 2.24) is 14.6 Å². The van der Waals surface area contributed by atoms with Crippen LogP contribution < -0.4 is 19.3 Å². The first kappa shape index (κ1) is 23.1. The fraction of sp³-hybridized carbons (Fsp3) is 0.333. The number of hydrogen-bond donors (Lipinski definition) is 2. The maximum atomic E-state index is 9.35. The summed E-state index contributed by atoms with van der Waals surface area (Å²) < 4.78 is 13.0. The Hall–Kier alpha value is -3.62. The predicted octanol–water partition coefficient (Wildman–Crippen LogP) is 2.09. The van der Waals surface area contributed by atoms with Crippen molar-refractivity contribution in [1.29, 1.82) is 0 Å². The lowest BCUT2D eigenvalue weighted by molar-refractivity contribution is -0.900. The van der Waals surface area contributed by atoms with Crippen LogP contribution >= 0.6 is 0 Å². The van der Waals surface area contributed by atoms with Crippen molar-refractivity contribution in [2.45, 2.75) is 6.92 Å². The zero-order valence-electron chi connectivity index (χ0n) is 20.5. The minimum atomic E-state index is 0.218. The summed E-state index contributed by atoms with van der Waals surface area (Å²) in [6, 6.07) is 18.3. The van der Waals surface area contributed by atoms with E-state index in [1.54, 1.807) is 14.2 Å². The number of benzene rings is 2. The molecule has 2 aromatic heterocycles. The summed E-state index contributed by atoms with van der Waals surface area (Å²) in [7, 11) is 3.31. The Labute approximate surface area is 205 Å². The molecule has 1 aliphatic heterocycles. The Morgan fingerprint density at radius 1 is 0.943 bits per heavy atom. The molecule has 0 spiro atoms. The largest absolute Gasteiger partial charge is 0.497 e. The molecule has 0 amide bonds. The maximum Gasteiger partial charge on any atom is 0.166 e. The number of anilines is 1. The van der Waals surface area contributed by atoms with Gasteiger partial charge in [-0.3, -0.25) is 0 Å². The van der Waals surface area contributed by atoms with E-state index in [0.717, 1.165) is 83.8 Å². The second kappa shape index (κ2) is 9.93. The molecule has 0 aliphatic carbocycles. The molecule has 0 unspecified atom stereocenters. The van der Waals surface area contributed by atoms with Gasteiger partial charge in [-0.2, -0.15) is 9.61 Å². The second-order valence-electron chi connectivity index (χ2n) is 8.87. The Morgan fingerprint density at radius 3 is 2.26 bits per heavy atom. The summed E-state index contributed by atoms with van der Waals surface area (Å²) in [4.78, 5) is 8.91. The fourth-order valence-electron chi connectivity index (χ4n) is 4.84. The number of methoxy groups -OCH3 is 2. The Bertz CT molecular complexity index is 1290. The minimum absolute atomic E-state index is 0.218. The summed E-state index contributed by atoms with van der Waals surface area (Å²) in [6.07, 6.45) is 0. The van der Waals surface area contributed by atoms with E-state index < -0.39 is 0 Å². The number of aliphatic hydroxyl groups is 1. The summed E-state index contributed by atoms with van der Waals surface area (Å²) >= 11 is 0. The Morgan fingerprint density at radius 2 is 1.63 bits per heavy atom. The van der Waals surface area contributed by atoms with E-state index >= 15 is 0 Å². The van der Waals surface area contributed by atoms with Gasteiger partial charge in [0.1, 0.15) is 23.9 Å². The smallest absolute Gasteiger partial charge is 0.166 e. The first-order valence-electron chi connectivity index (χ1n) is 12.0. The van der Waals surface area contributed by atoms with Crippen molar-refractivity contribution in [3.05, 3.63) is 60.3 Å². The van der Waals surface area contributed by atoms with Crippen LogP contribution in [0, 0.1) is 6.92 Å². The van der Waals surface area contributed by atoms with E-state index in [0.29, 0.717) is 0 Å². The van der Waals surface area contributed by atoms with Gasteiger partial charge in [0.15, 0.2) is 5.65 Å². The molecule has 4 aromatic rings. The van der Waals surface area contributed by atoms with Crippen LogP contribution in [0.25, 0.3) is 28.0 Å². The minimum Gasteiger partial charge on any atom is -0.497 e. The zero-order valence-corrected chi connectivity index (χ0v) is 20.5. The number of piperazine rings is 1. The third kappa shape index (κ3) is 4.54. The van der Waals surface area contributed by atoms with Gasteiger partial charge in [0, 0.05) is 23.3 Å². The highest BCUT2D eigenvalue weighted by molar-refractivity contribution is 5.83. The highest BCUT2D eigenvalue weighted by Crippen LogP contribution is 2.35. The van der Waals surface area contributed by atoms with Crippen molar-refractivity contribution in [2.24, 2.45) is 0 Å². The van der Waals surface area contributed by atoms with Gasteiger partial charge in [0.2, 0.25) is 0 Å². The molecule has 0 saturated carbocycles. The number of nitrogens with one attached hydrogen (secondary N) is 1. The van der Waals surface area contributed by atoms with E-state index in [1.807, 2.05) is 47.8 Å². The lowest BCUT2D eigenvalue weighted by atomic mass is 10.1. The highest BCUT2D eigenvalue weighted by Gasteiger charge is 2.25. The summed E-state index contributed by atoms with van der Waals surface area (Å²) in [5.41, 5.74) is 5.66. The molecule has 2 N–H and O–H groups in total. The van der Waals surface area contributed by atoms with Crippen molar-refractivity contribution in [3.63, 3.8) is 0 Å². The third-order valence-corrected chi connectivity index (χ3v) is 6.71. The molecule has 35 heavy (non-hydrogen) atoms. The van der Waals surface area contributed by atoms with Crippen LogP contribution in [0.1, 0.15) is 5.69 Å². The van der Waals surface area contributed by atoms with Crippen LogP contribution in [-0.2, 0) is 0 Å². The first-order valence-corrected chi connectivity index (χ1v) is 12.0. The molecule has 8 nitrogen and oxygen atoms in total. The Kier molecular flexibility index (Phi) is 6.57. The normalized spacial score (nSPS) is 14.5. The molecule has 0 radical (unpaired) electrons. The topological polar surface area (TPSA) is 76.6 Å². The van der Waals surface area contributed by atoms with Gasteiger partial charge in [0.05, 0.1) is 58.4 Å². The number of hydrogen-bond acceptors (Lipinski definition) is 6. The lowest BCUT2D eigenvalue weighted by Gasteiger charge is -2.33. The molecule has 0 atom stereocenters. The molecular weight excluding hydrogens is 442 g/mol. The van der Waals surface area contributed by atoms with Gasteiger partial charge >= 0.3 is 0 Å². The number of fused-ring (bicyclic) bond motifs is 1. The molecule has 8 heteroatoms. The molecule has 182 valence electrons. The number of rotatable bonds is 7. The standard InChI is InChI=1S/C27H31N5O3/c1-19-26(20-7-5-4-6-8-20)27-28-24(21-15-22(34-2)17-23(16-21)35-3)18-25(32(27)29-19)31-11-9-30(10-12-31)13-14-33/h4-8,15-18,33H,9-14H2,1-3H3/p+1. The fourth-order valence-corrected chi connectivity index (χ4v) is 4.84. The van der Waals surface area contributed by atoms with Crippen molar-refractivity contribution >= 4 is 11.5 Å². The molecule has 2 aromatic carbocycles. The van der Waals surface area contributed by atoms with Gasteiger partial charge in [-0.15, -0.1) is 0 Å². The summed E-state index contributed by atoms with van der Waals surface area (Å²) in [5, 5.41) is 14.3. The van der Waals surface area contributed by atoms with Crippen LogP contribution in [0.15, 0.2) is 54.6 Å². The van der Waals surface area contributed by atoms with E-state index in [-0.39, 0.29) is 6.61 Å². The number of quaternary nitrogens is 1. The van der Waals surface area contributed by atoms with Crippen LogP contribution in [-0.4, -0.2) is 73.3 Å². The van der Waals surface area contributed by atoms with Crippen molar-refractivity contribution in [2.75, 3.05) is 58.5 Å². The monoisotopic (exact) mass is 474 g/mol. The van der Waals surface area contributed by atoms with Gasteiger partial charge in [-0.1, -0.05) is 30.3 Å². The third-order valence-electron chi connectivity index (χ3n) is 6.71.